The van der Waals surface area contributed by atoms with Crippen LogP contribution in [0.15, 0.2) is 30.6 Å². The van der Waals surface area contributed by atoms with E-state index in [1.165, 1.54) is 16.7 Å². The number of nitrogens with zero attached hydrogens (tertiary/aromatic N) is 1. The van der Waals surface area contributed by atoms with Crippen molar-refractivity contribution in [1.29, 1.82) is 0 Å². The maximum Gasteiger partial charge on any atom is 0.122 e. The van der Waals surface area contributed by atoms with Crippen molar-refractivity contribution in [3.63, 3.8) is 0 Å². The lowest BCUT2D eigenvalue weighted by Crippen LogP contribution is -1.87. The number of benzene rings is 1. The summed E-state index contributed by atoms with van der Waals surface area (Å²) in [4.78, 5) is 0. The molecule has 2 aromatic rings. The van der Waals surface area contributed by atoms with Crippen LogP contribution in [-0.2, 0) is 12.8 Å². The molecule has 0 amide bonds. The molecule has 1 aliphatic heterocycles. The van der Waals surface area contributed by atoms with Crippen LogP contribution in [0, 0.1) is 0 Å². The Labute approximate surface area is 88.1 Å². The van der Waals surface area contributed by atoms with E-state index in [-0.39, 0.29) is 0 Å². The fraction of sp³-hybridized carbons (Fsp3) is 0.250. The van der Waals surface area contributed by atoms with Crippen molar-refractivity contribution in [2.45, 2.75) is 12.8 Å². The van der Waals surface area contributed by atoms with Crippen molar-refractivity contribution in [2.24, 2.45) is 0 Å². The number of hydrogen-bond acceptors (Lipinski definition) is 2. The zero-order valence-corrected chi connectivity index (χ0v) is 8.36. The minimum absolute atomic E-state index is 0.824. The molecular weight excluding hydrogens is 188 g/mol. The maximum atomic E-state index is 5.47. The van der Waals surface area contributed by atoms with Gasteiger partial charge in [0.05, 0.1) is 12.8 Å². The maximum absolute atomic E-state index is 5.47. The van der Waals surface area contributed by atoms with Crippen molar-refractivity contribution < 1.29 is 4.74 Å². The van der Waals surface area contributed by atoms with Crippen LogP contribution in [0.5, 0.6) is 5.75 Å². The van der Waals surface area contributed by atoms with Gasteiger partial charge in [-0.1, -0.05) is 12.1 Å². The van der Waals surface area contributed by atoms with Crippen molar-refractivity contribution >= 4 is 0 Å². The van der Waals surface area contributed by atoms with E-state index in [0.717, 1.165) is 25.2 Å². The van der Waals surface area contributed by atoms with Gasteiger partial charge in [-0.2, -0.15) is 5.10 Å². The van der Waals surface area contributed by atoms with Gasteiger partial charge in [-0.25, -0.2) is 0 Å². The van der Waals surface area contributed by atoms with Crippen molar-refractivity contribution in [3.8, 4) is 5.75 Å². The van der Waals surface area contributed by atoms with Crippen LogP contribution in [0.1, 0.15) is 16.7 Å². The van der Waals surface area contributed by atoms with Gasteiger partial charge in [0.2, 0.25) is 0 Å². The number of ether oxygens (including phenoxy) is 1. The van der Waals surface area contributed by atoms with E-state index in [0.29, 0.717) is 0 Å². The molecule has 1 aromatic heterocycles. The monoisotopic (exact) mass is 200 g/mol. The van der Waals surface area contributed by atoms with E-state index in [4.69, 9.17) is 4.74 Å². The summed E-state index contributed by atoms with van der Waals surface area (Å²) < 4.78 is 5.47. The number of rotatable bonds is 2. The van der Waals surface area contributed by atoms with Crippen molar-refractivity contribution in [2.75, 3.05) is 6.61 Å². The Hall–Kier alpha value is -1.77. The summed E-state index contributed by atoms with van der Waals surface area (Å²) in [7, 11) is 0. The number of aromatic amines is 1. The molecule has 0 fully saturated rings. The van der Waals surface area contributed by atoms with Gasteiger partial charge in [-0.15, -0.1) is 0 Å². The van der Waals surface area contributed by atoms with Crippen LogP contribution in [0.25, 0.3) is 0 Å². The Morgan fingerprint density at radius 2 is 2.33 bits per heavy atom. The summed E-state index contributed by atoms with van der Waals surface area (Å²) in [6, 6.07) is 6.42. The van der Waals surface area contributed by atoms with Crippen LogP contribution < -0.4 is 4.74 Å². The van der Waals surface area contributed by atoms with E-state index in [1.807, 2.05) is 12.4 Å². The molecule has 0 atom stereocenters. The lowest BCUT2D eigenvalue weighted by atomic mass is 10.0. The average Bonchev–Trinajstić information content (AvgIpc) is 2.87. The first-order valence-corrected chi connectivity index (χ1v) is 5.14. The van der Waals surface area contributed by atoms with Gasteiger partial charge in [0.15, 0.2) is 0 Å². The number of H-pyrrole nitrogens is 1. The van der Waals surface area contributed by atoms with Crippen LogP contribution in [-0.4, -0.2) is 16.8 Å². The molecule has 0 saturated carbocycles. The fourth-order valence-corrected chi connectivity index (χ4v) is 1.96. The second-order valence-electron chi connectivity index (χ2n) is 3.82. The van der Waals surface area contributed by atoms with Crippen molar-refractivity contribution in [3.05, 3.63) is 47.3 Å². The largest absolute Gasteiger partial charge is 0.493 e. The van der Waals surface area contributed by atoms with Gasteiger partial charge in [0, 0.05) is 19.0 Å². The Balaban J connectivity index is 1.87. The van der Waals surface area contributed by atoms with Crippen molar-refractivity contribution in [1.82, 2.24) is 10.2 Å². The van der Waals surface area contributed by atoms with Crippen LogP contribution in [0.2, 0.25) is 0 Å². The van der Waals surface area contributed by atoms with Gasteiger partial charge in [0.25, 0.3) is 0 Å². The summed E-state index contributed by atoms with van der Waals surface area (Å²) in [6.07, 6.45) is 5.77. The lowest BCUT2D eigenvalue weighted by molar-refractivity contribution is 0.357. The molecule has 0 radical (unpaired) electrons. The molecule has 3 rings (SSSR count). The average molecular weight is 200 g/mol. The number of fused-ring (bicyclic) bond motifs is 1. The zero-order valence-electron chi connectivity index (χ0n) is 8.36. The summed E-state index contributed by atoms with van der Waals surface area (Å²) in [6.45, 7) is 0.824. The first-order valence-electron chi connectivity index (χ1n) is 5.14. The van der Waals surface area contributed by atoms with E-state index >= 15 is 0 Å². The Kier molecular flexibility index (Phi) is 1.95. The molecule has 76 valence electrons. The minimum atomic E-state index is 0.824. The van der Waals surface area contributed by atoms with Gasteiger partial charge in [-0.05, 0) is 22.8 Å². The third kappa shape index (κ3) is 1.61. The van der Waals surface area contributed by atoms with E-state index < -0.39 is 0 Å². The molecule has 1 N–H and O–H groups in total. The third-order valence-corrected chi connectivity index (χ3v) is 2.72. The third-order valence-electron chi connectivity index (χ3n) is 2.72. The molecule has 1 aliphatic rings. The molecule has 3 nitrogen and oxygen atoms in total. The number of aromatic nitrogens is 2. The highest BCUT2D eigenvalue weighted by atomic mass is 16.5. The summed E-state index contributed by atoms with van der Waals surface area (Å²) in [5, 5.41) is 6.77. The summed E-state index contributed by atoms with van der Waals surface area (Å²) in [5.41, 5.74) is 3.87. The molecule has 15 heavy (non-hydrogen) atoms. The normalized spacial score (nSPS) is 13.6. The Morgan fingerprint density at radius 1 is 1.33 bits per heavy atom. The molecule has 1 aromatic carbocycles. The predicted molar refractivity (Wildman–Crippen MR) is 57.0 cm³/mol. The summed E-state index contributed by atoms with van der Waals surface area (Å²) in [5.74, 6) is 1.05. The topological polar surface area (TPSA) is 37.9 Å². The molecular formula is C12H12N2O. The van der Waals surface area contributed by atoms with Gasteiger partial charge in [-0.3, -0.25) is 5.10 Å². The highest BCUT2D eigenvalue weighted by molar-refractivity contribution is 5.40. The second-order valence-corrected chi connectivity index (χ2v) is 3.82. The molecule has 0 aliphatic carbocycles. The molecule has 0 spiro atoms. The van der Waals surface area contributed by atoms with Gasteiger partial charge in [0.1, 0.15) is 5.75 Å². The molecule has 0 saturated heterocycles. The van der Waals surface area contributed by atoms with Gasteiger partial charge >= 0.3 is 0 Å². The van der Waals surface area contributed by atoms with Gasteiger partial charge < -0.3 is 4.74 Å². The first-order chi connectivity index (χ1) is 7.42. The molecule has 3 heteroatoms. The SMILES string of the molecule is c1cc2c(cc1Cc1cn[nH]c1)CCO2. The summed E-state index contributed by atoms with van der Waals surface area (Å²) >= 11 is 0. The Morgan fingerprint density at radius 3 is 3.20 bits per heavy atom. The van der Waals surface area contributed by atoms with E-state index in [9.17, 15) is 0 Å². The zero-order chi connectivity index (χ0) is 10.1. The van der Waals surface area contributed by atoms with E-state index in [2.05, 4.69) is 28.4 Å². The molecule has 0 bridgehead atoms. The quantitative estimate of drug-likeness (QED) is 0.804. The highest BCUT2D eigenvalue weighted by Gasteiger charge is 2.11. The highest BCUT2D eigenvalue weighted by Crippen LogP contribution is 2.26. The lowest BCUT2D eigenvalue weighted by Gasteiger charge is -2.02. The fourth-order valence-electron chi connectivity index (χ4n) is 1.96. The van der Waals surface area contributed by atoms with Crippen LogP contribution in [0.4, 0.5) is 0 Å². The smallest absolute Gasteiger partial charge is 0.122 e. The van der Waals surface area contributed by atoms with Crippen LogP contribution in [0.3, 0.4) is 0 Å². The second kappa shape index (κ2) is 3.42. The minimum Gasteiger partial charge on any atom is -0.493 e. The van der Waals surface area contributed by atoms with E-state index in [1.54, 1.807) is 0 Å². The Bertz CT molecular complexity index is 462. The first kappa shape index (κ1) is 8.53. The molecule has 0 unspecified atom stereocenters. The number of hydrogen-bond donors (Lipinski definition) is 1. The number of nitrogens with one attached hydrogen (secondary N) is 1. The predicted octanol–water partition coefficient (Wildman–Crippen LogP) is 1.94. The van der Waals surface area contributed by atoms with Crippen LogP contribution >= 0.6 is 0 Å². The standard InChI is InChI=1S/C12H12N2O/c1-2-12-11(3-4-15-12)6-9(1)5-10-7-13-14-8-10/h1-2,6-8H,3-5H2,(H,13,14). The molecule has 2 heterocycles.